The second kappa shape index (κ2) is 8.96. The summed E-state index contributed by atoms with van der Waals surface area (Å²) in [4.78, 5) is 9.31. The van der Waals surface area contributed by atoms with E-state index in [0.29, 0.717) is 11.4 Å². The molecule has 2 aromatic rings. The first-order valence-electron chi connectivity index (χ1n) is 8.10. The van der Waals surface area contributed by atoms with E-state index in [1.165, 1.54) is 6.26 Å². The molecule has 1 aromatic carbocycles. The van der Waals surface area contributed by atoms with E-state index in [-0.39, 0.29) is 0 Å². The maximum atomic E-state index is 11.5. The highest BCUT2D eigenvalue weighted by atomic mass is 32.2. The van der Waals surface area contributed by atoms with E-state index in [1.54, 1.807) is 35.6 Å². The third kappa shape index (κ3) is 6.47. The zero-order chi connectivity index (χ0) is 18.3. The molecule has 0 unspecified atom stereocenters. The minimum Gasteiger partial charge on any atom is -0.357 e. The Morgan fingerprint density at radius 2 is 1.96 bits per heavy atom. The van der Waals surface area contributed by atoms with Crippen molar-refractivity contribution >= 4 is 27.1 Å². The molecule has 0 aliphatic heterocycles. The maximum absolute atomic E-state index is 11.5. The lowest BCUT2D eigenvalue weighted by Crippen LogP contribution is -2.38. The highest BCUT2D eigenvalue weighted by molar-refractivity contribution is 7.90. The predicted molar refractivity (Wildman–Crippen MR) is 103 cm³/mol. The van der Waals surface area contributed by atoms with Crippen LogP contribution in [0.2, 0.25) is 0 Å². The second-order valence-electron chi connectivity index (χ2n) is 5.65. The Morgan fingerprint density at radius 1 is 1.24 bits per heavy atom. The summed E-state index contributed by atoms with van der Waals surface area (Å²) in [5.41, 5.74) is 2.04. The molecule has 0 fully saturated rings. The summed E-state index contributed by atoms with van der Waals surface area (Å²) in [5.74, 6) is 0.738. The van der Waals surface area contributed by atoms with E-state index in [0.717, 1.165) is 41.7 Å². The van der Waals surface area contributed by atoms with Crippen LogP contribution in [-0.2, 0) is 22.8 Å². The Hall–Kier alpha value is -1.93. The molecule has 6 nitrogen and oxygen atoms in total. The van der Waals surface area contributed by atoms with Gasteiger partial charge >= 0.3 is 0 Å². The number of guanidine groups is 1. The molecule has 0 atom stereocenters. The van der Waals surface area contributed by atoms with Gasteiger partial charge < -0.3 is 10.6 Å². The van der Waals surface area contributed by atoms with Crippen LogP contribution >= 0.6 is 11.3 Å². The Kier molecular flexibility index (Phi) is 6.95. The van der Waals surface area contributed by atoms with E-state index in [4.69, 9.17) is 0 Å². The van der Waals surface area contributed by atoms with Gasteiger partial charge in [0.15, 0.2) is 15.8 Å². The largest absolute Gasteiger partial charge is 0.357 e. The summed E-state index contributed by atoms with van der Waals surface area (Å²) >= 11 is 1.66. The van der Waals surface area contributed by atoms with Gasteiger partial charge in [0.2, 0.25) is 0 Å². The SMILES string of the molecule is CCNC(=NCc1ccc(S(C)(=O)=O)cc1)NCCc1csc(C)n1. The topological polar surface area (TPSA) is 83.5 Å². The van der Waals surface area contributed by atoms with Gasteiger partial charge in [0, 0.05) is 31.1 Å². The zero-order valence-corrected chi connectivity index (χ0v) is 16.4. The van der Waals surface area contributed by atoms with E-state index in [2.05, 4.69) is 26.0 Å². The number of sulfone groups is 1. The number of hydrogen-bond acceptors (Lipinski definition) is 5. The molecule has 0 radical (unpaired) electrons. The molecule has 0 bridgehead atoms. The van der Waals surface area contributed by atoms with Crippen LogP contribution in [0.1, 0.15) is 23.2 Å². The minimum absolute atomic E-state index is 0.323. The number of rotatable bonds is 7. The van der Waals surface area contributed by atoms with Gasteiger partial charge in [-0.3, -0.25) is 0 Å². The molecule has 0 saturated carbocycles. The van der Waals surface area contributed by atoms with Crippen molar-refractivity contribution < 1.29 is 8.42 Å². The van der Waals surface area contributed by atoms with Crippen LogP contribution in [0.15, 0.2) is 39.5 Å². The third-order valence-electron chi connectivity index (χ3n) is 3.46. The first-order chi connectivity index (χ1) is 11.9. The number of aliphatic imine (C=N–C) groups is 1. The van der Waals surface area contributed by atoms with Crippen molar-refractivity contribution in [1.29, 1.82) is 0 Å². The van der Waals surface area contributed by atoms with Crippen molar-refractivity contribution in [2.75, 3.05) is 19.3 Å². The molecule has 1 heterocycles. The minimum atomic E-state index is -3.16. The first kappa shape index (κ1) is 19.4. The average Bonchev–Trinajstić information content (AvgIpc) is 2.97. The summed E-state index contributed by atoms with van der Waals surface area (Å²) in [5, 5.41) is 9.65. The van der Waals surface area contributed by atoms with Crippen LogP contribution in [0, 0.1) is 6.92 Å². The summed E-state index contributed by atoms with van der Waals surface area (Å²) in [7, 11) is -3.16. The standard InChI is InChI=1S/C17H24N4O2S2/c1-4-18-17(19-10-9-15-12-24-13(2)21-15)20-11-14-5-7-16(8-6-14)25(3,22)23/h5-8,12H,4,9-11H2,1-3H3,(H2,18,19,20). The van der Waals surface area contributed by atoms with Crippen molar-refractivity contribution in [3.63, 3.8) is 0 Å². The van der Waals surface area contributed by atoms with E-state index in [9.17, 15) is 8.42 Å². The predicted octanol–water partition coefficient (Wildman–Crippen LogP) is 2.15. The highest BCUT2D eigenvalue weighted by Gasteiger charge is 2.06. The molecule has 2 rings (SSSR count). The van der Waals surface area contributed by atoms with E-state index >= 15 is 0 Å². The average molecular weight is 381 g/mol. The van der Waals surface area contributed by atoms with Gasteiger partial charge in [0.25, 0.3) is 0 Å². The number of nitrogens with zero attached hydrogens (tertiary/aromatic N) is 2. The van der Waals surface area contributed by atoms with Crippen LogP contribution in [0.25, 0.3) is 0 Å². The lowest BCUT2D eigenvalue weighted by molar-refractivity contribution is 0.602. The lowest BCUT2D eigenvalue weighted by atomic mass is 10.2. The molecule has 8 heteroatoms. The van der Waals surface area contributed by atoms with E-state index < -0.39 is 9.84 Å². The molecule has 136 valence electrons. The van der Waals surface area contributed by atoms with Crippen molar-refractivity contribution in [2.24, 2.45) is 4.99 Å². The molecule has 0 spiro atoms. The van der Waals surface area contributed by atoms with Gasteiger partial charge in [-0.2, -0.15) is 0 Å². The van der Waals surface area contributed by atoms with Crippen LogP contribution in [0.3, 0.4) is 0 Å². The Morgan fingerprint density at radius 3 is 2.52 bits per heavy atom. The van der Waals surface area contributed by atoms with Gasteiger partial charge in [-0.15, -0.1) is 11.3 Å². The van der Waals surface area contributed by atoms with Gasteiger partial charge in [0.1, 0.15) is 0 Å². The number of benzene rings is 1. The maximum Gasteiger partial charge on any atom is 0.191 e. The van der Waals surface area contributed by atoms with Crippen LogP contribution in [-0.4, -0.2) is 38.7 Å². The number of nitrogens with one attached hydrogen (secondary N) is 2. The molecule has 25 heavy (non-hydrogen) atoms. The van der Waals surface area contributed by atoms with Crippen molar-refractivity contribution in [3.05, 3.63) is 45.9 Å². The fourth-order valence-corrected chi connectivity index (χ4v) is 3.46. The van der Waals surface area contributed by atoms with Crippen molar-refractivity contribution in [2.45, 2.75) is 31.7 Å². The number of hydrogen-bond donors (Lipinski definition) is 2. The van der Waals surface area contributed by atoms with Crippen LogP contribution in [0.5, 0.6) is 0 Å². The molecule has 0 amide bonds. The number of aryl methyl sites for hydroxylation is 1. The summed E-state index contributed by atoms with van der Waals surface area (Å²) < 4.78 is 23.0. The number of aromatic nitrogens is 1. The molecule has 0 aliphatic carbocycles. The Balaban J connectivity index is 1.92. The molecule has 1 aromatic heterocycles. The summed E-state index contributed by atoms with van der Waals surface area (Å²) in [6.45, 7) is 6.02. The fraction of sp³-hybridized carbons (Fsp3) is 0.412. The van der Waals surface area contributed by atoms with Gasteiger partial charge in [-0.25, -0.2) is 18.4 Å². The zero-order valence-electron chi connectivity index (χ0n) is 14.7. The number of thiazole rings is 1. The molecular formula is C17H24N4O2S2. The molecular weight excluding hydrogens is 356 g/mol. The molecule has 0 saturated heterocycles. The van der Waals surface area contributed by atoms with Crippen LogP contribution in [0.4, 0.5) is 0 Å². The van der Waals surface area contributed by atoms with E-state index in [1.807, 2.05) is 13.8 Å². The third-order valence-corrected chi connectivity index (χ3v) is 5.41. The summed E-state index contributed by atoms with van der Waals surface area (Å²) in [6.07, 6.45) is 2.05. The quantitative estimate of drug-likeness (QED) is 0.568. The second-order valence-corrected chi connectivity index (χ2v) is 8.72. The molecule has 0 aliphatic rings. The Labute approximate surface area is 153 Å². The monoisotopic (exact) mass is 380 g/mol. The normalized spacial score (nSPS) is 12.2. The smallest absolute Gasteiger partial charge is 0.191 e. The van der Waals surface area contributed by atoms with Gasteiger partial charge in [-0.1, -0.05) is 12.1 Å². The van der Waals surface area contributed by atoms with Crippen molar-refractivity contribution in [3.8, 4) is 0 Å². The fourth-order valence-electron chi connectivity index (χ4n) is 2.19. The van der Waals surface area contributed by atoms with Gasteiger partial charge in [0.05, 0.1) is 22.1 Å². The van der Waals surface area contributed by atoms with Gasteiger partial charge in [-0.05, 0) is 31.5 Å². The highest BCUT2D eigenvalue weighted by Crippen LogP contribution is 2.11. The first-order valence-corrected chi connectivity index (χ1v) is 10.9. The van der Waals surface area contributed by atoms with Crippen LogP contribution < -0.4 is 10.6 Å². The van der Waals surface area contributed by atoms with Crippen molar-refractivity contribution in [1.82, 2.24) is 15.6 Å². The summed E-state index contributed by atoms with van der Waals surface area (Å²) in [6, 6.07) is 6.82. The Bertz CT molecular complexity index is 811. The lowest BCUT2D eigenvalue weighted by Gasteiger charge is -2.10. The molecule has 2 N–H and O–H groups in total.